The van der Waals surface area contributed by atoms with Gasteiger partial charge in [0, 0.05) is 29.1 Å². The van der Waals surface area contributed by atoms with Gasteiger partial charge in [0.15, 0.2) is 17.3 Å². The van der Waals surface area contributed by atoms with E-state index in [0.717, 1.165) is 24.3 Å². The highest BCUT2D eigenvalue weighted by atomic mass is 35.5. The molecule has 4 rings (SSSR count). The van der Waals surface area contributed by atoms with Crippen molar-refractivity contribution in [2.45, 2.75) is 25.1 Å². The summed E-state index contributed by atoms with van der Waals surface area (Å²) < 4.78 is 65.4. The van der Waals surface area contributed by atoms with Crippen molar-refractivity contribution in [3.8, 4) is 23.3 Å². The number of carbonyl (C=O) groups excluding carboxylic acids is 1. The maximum atomic E-state index is 14.8. The highest BCUT2D eigenvalue weighted by molar-refractivity contribution is 6.35. The summed E-state index contributed by atoms with van der Waals surface area (Å²) in [4.78, 5) is 13.0. The van der Waals surface area contributed by atoms with E-state index in [1.165, 1.54) is 49.4 Å². The number of ether oxygens (including phenoxy) is 2. The third-order valence-electron chi connectivity index (χ3n) is 5.80. The third kappa shape index (κ3) is 5.76. The molecule has 0 aromatic heterocycles. The van der Waals surface area contributed by atoms with Gasteiger partial charge < -0.3 is 9.47 Å². The molecular weight excluding hydrogens is 581 g/mol. The van der Waals surface area contributed by atoms with Crippen LogP contribution >= 0.6 is 34.8 Å². The molecule has 0 aliphatic rings. The van der Waals surface area contributed by atoms with E-state index in [9.17, 15) is 27.6 Å². The monoisotopic (exact) mass is 595 g/mol. The molecule has 4 aromatic carbocycles. The SMILES string of the molecule is CCC(=O)C(C#N)(Oc1cc(Oc2ccc3cc(C(F)(F)F)ccc3c2)c(F)cc1Cl)c1ccc(Cl)cc1Cl. The van der Waals surface area contributed by atoms with Gasteiger partial charge in [-0.3, -0.25) is 4.79 Å². The second kappa shape index (κ2) is 10.9. The zero-order valence-corrected chi connectivity index (χ0v) is 22.1. The van der Waals surface area contributed by atoms with Crippen molar-refractivity contribution < 1.29 is 31.8 Å². The Hall–Kier alpha value is -3.51. The van der Waals surface area contributed by atoms with Crippen molar-refractivity contribution in [2.75, 3.05) is 0 Å². The Bertz CT molecular complexity index is 1640. The molecule has 0 saturated heterocycles. The summed E-state index contributed by atoms with van der Waals surface area (Å²) in [6.07, 6.45) is -4.61. The summed E-state index contributed by atoms with van der Waals surface area (Å²) in [5.41, 5.74) is -3.04. The van der Waals surface area contributed by atoms with Crippen molar-refractivity contribution in [1.82, 2.24) is 0 Å². The van der Waals surface area contributed by atoms with E-state index in [2.05, 4.69) is 0 Å². The number of rotatable bonds is 7. The summed E-state index contributed by atoms with van der Waals surface area (Å²) in [6.45, 7) is 1.53. The number of hydrogen-bond donors (Lipinski definition) is 0. The molecule has 1 atom stereocenters. The highest BCUT2D eigenvalue weighted by Crippen LogP contribution is 2.41. The first-order valence-corrected chi connectivity index (χ1v) is 12.4. The highest BCUT2D eigenvalue weighted by Gasteiger charge is 2.44. The normalized spacial score (nSPS) is 13.0. The number of hydrogen-bond acceptors (Lipinski definition) is 4. The smallest absolute Gasteiger partial charge is 0.416 e. The lowest BCUT2D eigenvalue weighted by atomic mass is 9.89. The van der Waals surface area contributed by atoms with Crippen molar-refractivity contribution in [3.63, 3.8) is 0 Å². The lowest BCUT2D eigenvalue weighted by molar-refractivity contribution is -0.137. The van der Waals surface area contributed by atoms with Gasteiger partial charge in [0.05, 0.1) is 15.6 Å². The van der Waals surface area contributed by atoms with Crippen LogP contribution in [0.4, 0.5) is 17.6 Å². The molecule has 4 nitrogen and oxygen atoms in total. The van der Waals surface area contributed by atoms with Crippen LogP contribution in [0.2, 0.25) is 15.1 Å². The fraction of sp³-hybridized carbons (Fsp3) is 0.143. The average Bonchev–Trinajstić information content (AvgIpc) is 2.88. The number of Topliss-reactive ketones (excluding diaryl/α,β-unsaturated/α-hetero) is 1. The Balaban J connectivity index is 1.73. The molecule has 0 N–H and O–H groups in total. The molecule has 39 heavy (non-hydrogen) atoms. The molecule has 0 aliphatic heterocycles. The number of halogens is 7. The van der Waals surface area contributed by atoms with Gasteiger partial charge in [-0.1, -0.05) is 59.9 Å². The van der Waals surface area contributed by atoms with Gasteiger partial charge in [-0.25, -0.2) is 4.39 Å². The van der Waals surface area contributed by atoms with E-state index in [1.807, 2.05) is 6.07 Å². The van der Waals surface area contributed by atoms with Crippen molar-refractivity contribution in [1.29, 1.82) is 5.26 Å². The number of nitriles is 1. The summed E-state index contributed by atoms with van der Waals surface area (Å²) in [5, 5.41) is 10.8. The molecule has 0 amide bonds. The van der Waals surface area contributed by atoms with Crippen LogP contribution in [0.15, 0.2) is 66.7 Å². The summed E-state index contributed by atoms with van der Waals surface area (Å²) in [6, 6.07) is 15.3. The maximum Gasteiger partial charge on any atom is 0.416 e. The minimum absolute atomic E-state index is 0.00889. The number of ketones is 1. The van der Waals surface area contributed by atoms with E-state index in [4.69, 9.17) is 44.3 Å². The number of fused-ring (bicyclic) bond motifs is 1. The van der Waals surface area contributed by atoms with Crippen LogP contribution < -0.4 is 9.47 Å². The molecule has 200 valence electrons. The van der Waals surface area contributed by atoms with Crippen LogP contribution in [-0.4, -0.2) is 5.78 Å². The van der Waals surface area contributed by atoms with Crippen LogP contribution in [0, 0.1) is 17.1 Å². The van der Waals surface area contributed by atoms with Gasteiger partial charge >= 0.3 is 6.18 Å². The topological polar surface area (TPSA) is 59.3 Å². The molecule has 0 aliphatic carbocycles. The molecule has 4 aromatic rings. The molecule has 11 heteroatoms. The van der Waals surface area contributed by atoms with E-state index < -0.39 is 28.9 Å². The van der Waals surface area contributed by atoms with E-state index >= 15 is 0 Å². The number of alkyl halides is 3. The fourth-order valence-corrected chi connectivity index (χ4v) is 4.58. The fourth-order valence-electron chi connectivity index (χ4n) is 3.85. The molecular formula is C28H16Cl3F4NO3. The number of carbonyl (C=O) groups is 1. The summed E-state index contributed by atoms with van der Waals surface area (Å²) in [5.74, 6) is -2.07. The standard InChI is InChI=1S/C28H16Cl3F4NO3/c1-2-26(37)27(14-36,20-8-6-18(29)11-21(20)30)39-24-13-25(23(32)12-22(24)31)38-19-7-4-15-9-17(28(33,34)35)5-3-16(15)10-19/h3-13H,2H2,1H3. The second-order valence-electron chi connectivity index (χ2n) is 8.33. The predicted molar refractivity (Wildman–Crippen MR) is 140 cm³/mol. The molecule has 0 spiro atoms. The van der Waals surface area contributed by atoms with Gasteiger partial charge in [0.1, 0.15) is 17.6 Å². The minimum Gasteiger partial charge on any atom is -0.459 e. The molecule has 0 saturated carbocycles. The van der Waals surface area contributed by atoms with Crippen molar-refractivity contribution in [3.05, 3.63) is 98.7 Å². The first-order valence-electron chi connectivity index (χ1n) is 11.2. The first kappa shape index (κ1) is 28.5. The zero-order chi connectivity index (χ0) is 28.5. The molecule has 0 bridgehead atoms. The Labute approximate surface area is 235 Å². The Morgan fingerprint density at radius 3 is 2.23 bits per heavy atom. The van der Waals surface area contributed by atoms with Crippen molar-refractivity contribution >= 4 is 51.4 Å². The second-order valence-corrected chi connectivity index (χ2v) is 9.58. The number of benzene rings is 4. The van der Waals surface area contributed by atoms with Gasteiger partial charge in [-0.2, -0.15) is 18.4 Å². The molecule has 0 radical (unpaired) electrons. The Morgan fingerprint density at radius 1 is 0.897 bits per heavy atom. The first-order chi connectivity index (χ1) is 18.4. The van der Waals surface area contributed by atoms with Crippen LogP contribution in [-0.2, 0) is 16.6 Å². The van der Waals surface area contributed by atoms with Crippen LogP contribution in [0.5, 0.6) is 17.2 Å². The van der Waals surface area contributed by atoms with E-state index in [-0.39, 0.29) is 44.3 Å². The lowest BCUT2D eigenvalue weighted by Gasteiger charge is -2.28. The average molecular weight is 597 g/mol. The van der Waals surface area contributed by atoms with Crippen molar-refractivity contribution in [2.24, 2.45) is 0 Å². The summed E-state index contributed by atoms with van der Waals surface area (Å²) in [7, 11) is 0. The molecule has 0 fully saturated rings. The van der Waals surface area contributed by atoms with E-state index in [1.54, 1.807) is 0 Å². The van der Waals surface area contributed by atoms with Crippen LogP contribution in [0.25, 0.3) is 10.8 Å². The molecule has 1 unspecified atom stereocenters. The van der Waals surface area contributed by atoms with Gasteiger partial charge in [-0.05, 0) is 47.2 Å². The quantitative estimate of drug-likeness (QED) is 0.199. The van der Waals surface area contributed by atoms with E-state index in [0.29, 0.717) is 10.8 Å². The van der Waals surface area contributed by atoms with Crippen LogP contribution in [0.3, 0.4) is 0 Å². The summed E-state index contributed by atoms with van der Waals surface area (Å²) >= 11 is 18.5. The van der Waals surface area contributed by atoms with Gasteiger partial charge in [0.25, 0.3) is 5.60 Å². The largest absolute Gasteiger partial charge is 0.459 e. The van der Waals surface area contributed by atoms with Crippen LogP contribution in [0.1, 0.15) is 24.5 Å². The number of nitrogens with zero attached hydrogens (tertiary/aromatic N) is 1. The van der Waals surface area contributed by atoms with Gasteiger partial charge in [0.2, 0.25) is 0 Å². The lowest BCUT2D eigenvalue weighted by Crippen LogP contribution is -2.40. The zero-order valence-electron chi connectivity index (χ0n) is 19.9. The van der Waals surface area contributed by atoms with Gasteiger partial charge in [-0.15, -0.1) is 0 Å². The Kier molecular flexibility index (Phi) is 7.99. The predicted octanol–water partition coefficient (Wildman–Crippen LogP) is 9.53. The Morgan fingerprint density at radius 2 is 1.59 bits per heavy atom. The third-order valence-corrected chi connectivity index (χ3v) is 6.64. The minimum atomic E-state index is -4.50. The maximum absolute atomic E-state index is 14.8. The molecule has 0 heterocycles.